The van der Waals surface area contributed by atoms with Gasteiger partial charge in [-0.15, -0.1) is 0 Å². The molecule has 8 heteroatoms. The molecule has 0 aliphatic carbocycles. The van der Waals surface area contributed by atoms with Crippen LogP contribution >= 0.6 is 15.9 Å². The number of hydrogen-bond acceptors (Lipinski definition) is 4. The molecule has 1 atom stereocenters. The van der Waals surface area contributed by atoms with E-state index in [1.54, 1.807) is 29.2 Å². The molecular weight excluding hydrogens is 498 g/mol. The fraction of sp³-hybridized carbons (Fsp3) is 0.423. The quantitative estimate of drug-likeness (QED) is 0.543. The SMILES string of the molecule is Cc1ccccc1C(=O)Nc1ccc(Br)cc1C(=O)NC[C@H]1CCCN(C(=O)OC(C)(C)C)C1. The second kappa shape index (κ2) is 11.0. The first-order chi connectivity index (χ1) is 16.0. The molecule has 7 nitrogen and oxygen atoms in total. The molecule has 3 amide bonds. The fourth-order valence-electron chi connectivity index (χ4n) is 3.89. The number of carbonyl (C=O) groups excluding carboxylic acids is 3. The number of ether oxygens (including phenoxy) is 1. The molecule has 182 valence electrons. The largest absolute Gasteiger partial charge is 0.444 e. The lowest BCUT2D eigenvalue weighted by molar-refractivity contribution is 0.0167. The highest BCUT2D eigenvalue weighted by molar-refractivity contribution is 9.10. The van der Waals surface area contributed by atoms with Crippen molar-refractivity contribution >= 4 is 39.5 Å². The second-order valence-electron chi connectivity index (χ2n) is 9.60. The Kier molecular flexibility index (Phi) is 8.36. The summed E-state index contributed by atoms with van der Waals surface area (Å²) in [6.07, 6.45) is 1.44. The first-order valence-corrected chi connectivity index (χ1v) is 12.3. The Morgan fingerprint density at radius 2 is 1.82 bits per heavy atom. The molecule has 0 aromatic heterocycles. The number of anilines is 1. The molecule has 1 fully saturated rings. The Labute approximate surface area is 209 Å². The molecule has 0 unspecified atom stereocenters. The molecule has 2 aromatic carbocycles. The van der Waals surface area contributed by atoms with E-state index < -0.39 is 5.60 Å². The molecule has 2 N–H and O–H groups in total. The summed E-state index contributed by atoms with van der Waals surface area (Å²) in [7, 11) is 0. The zero-order valence-electron chi connectivity index (χ0n) is 20.1. The summed E-state index contributed by atoms with van der Waals surface area (Å²) in [6.45, 7) is 9.02. The molecule has 1 aliphatic heterocycles. The van der Waals surface area contributed by atoms with Gasteiger partial charge < -0.3 is 20.3 Å². The van der Waals surface area contributed by atoms with Crippen LogP contribution in [0.1, 0.15) is 59.9 Å². The second-order valence-corrected chi connectivity index (χ2v) is 10.5. The van der Waals surface area contributed by atoms with Gasteiger partial charge in [0, 0.05) is 29.7 Å². The van der Waals surface area contributed by atoms with Crippen LogP contribution in [0.4, 0.5) is 10.5 Å². The molecule has 0 radical (unpaired) electrons. The van der Waals surface area contributed by atoms with E-state index in [1.165, 1.54) is 0 Å². The van der Waals surface area contributed by atoms with E-state index >= 15 is 0 Å². The molecule has 1 aliphatic rings. The number of amides is 3. The van der Waals surface area contributed by atoms with Crippen LogP contribution in [0.3, 0.4) is 0 Å². The van der Waals surface area contributed by atoms with Gasteiger partial charge in [-0.05, 0) is 76.3 Å². The Bertz CT molecular complexity index is 1060. The molecule has 34 heavy (non-hydrogen) atoms. The molecule has 2 aromatic rings. The lowest BCUT2D eigenvalue weighted by Gasteiger charge is -2.34. The highest BCUT2D eigenvalue weighted by atomic mass is 79.9. The maximum atomic E-state index is 13.1. The number of piperidine rings is 1. The van der Waals surface area contributed by atoms with Crippen molar-refractivity contribution in [1.29, 1.82) is 0 Å². The van der Waals surface area contributed by atoms with Crippen molar-refractivity contribution in [3.05, 3.63) is 63.6 Å². The number of halogens is 1. The van der Waals surface area contributed by atoms with E-state index in [9.17, 15) is 14.4 Å². The molecule has 3 rings (SSSR count). The third-order valence-electron chi connectivity index (χ3n) is 5.59. The van der Waals surface area contributed by atoms with Crippen molar-refractivity contribution in [3.63, 3.8) is 0 Å². The summed E-state index contributed by atoms with van der Waals surface area (Å²) in [5.74, 6) is -0.423. The van der Waals surface area contributed by atoms with Gasteiger partial charge in [-0.3, -0.25) is 9.59 Å². The molecule has 0 bridgehead atoms. The van der Waals surface area contributed by atoms with Gasteiger partial charge in [0.05, 0.1) is 11.3 Å². The first kappa shape index (κ1) is 25.7. The number of benzene rings is 2. The van der Waals surface area contributed by atoms with Crippen LogP contribution in [-0.4, -0.2) is 48.0 Å². The Balaban J connectivity index is 1.65. The number of likely N-dealkylation sites (tertiary alicyclic amines) is 1. The zero-order valence-corrected chi connectivity index (χ0v) is 21.7. The van der Waals surface area contributed by atoms with Crippen molar-refractivity contribution < 1.29 is 19.1 Å². The smallest absolute Gasteiger partial charge is 0.410 e. The number of nitrogens with zero attached hydrogens (tertiary/aromatic N) is 1. The van der Waals surface area contributed by atoms with Crippen molar-refractivity contribution in [3.8, 4) is 0 Å². The van der Waals surface area contributed by atoms with E-state index in [0.717, 1.165) is 22.9 Å². The van der Waals surface area contributed by atoms with E-state index in [4.69, 9.17) is 4.74 Å². The van der Waals surface area contributed by atoms with Crippen molar-refractivity contribution in [2.75, 3.05) is 25.0 Å². The predicted molar refractivity (Wildman–Crippen MR) is 136 cm³/mol. The Morgan fingerprint density at radius 1 is 1.09 bits per heavy atom. The van der Waals surface area contributed by atoms with Crippen LogP contribution < -0.4 is 10.6 Å². The van der Waals surface area contributed by atoms with Gasteiger partial charge in [-0.2, -0.15) is 0 Å². The van der Waals surface area contributed by atoms with Gasteiger partial charge in [0.15, 0.2) is 0 Å². The van der Waals surface area contributed by atoms with Gasteiger partial charge in [0.2, 0.25) is 0 Å². The number of nitrogens with one attached hydrogen (secondary N) is 2. The topological polar surface area (TPSA) is 87.7 Å². The van der Waals surface area contributed by atoms with Crippen molar-refractivity contribution in [2.45, 2.75) is 46.1 Å². The lowest BCUT2D eigenvalue weighted by Crippen LogP contribution is -2.45. The molecule has 1 heterocycles. The lowest BCUT2D eigenvalue weighted by atomic mass is 9.98. The minimum atomic E-state index is -0.544. The third-order valence-corrected chi connectivity index (χ3v) is 6.08. The third kappa shape index (κ3) is 7.06. The average Bonchev–Trinajstić information content (AvgIpc) is 2.78. The van der Waals surface area contributed by atoms with E-state index in [1.807, 2.05) is 45.9 Å². The van der Waals surface area contributed by atoms with Gasteiger partial charge in [0.1, 0.15) is 5.60 Å². The summed E-state index contributed by atoms with van der Waals surface area (Å²) in [6, 6.07) is 12.5. The van der Waals surface area contributed by atoms with Gasteiger partial charge in [-0.1, -0.05) is 34.1 Å². The minimum Gasteiger partial charge on any atom is -0.444 e. The summed E-state index contributed by atoms with van der Waals surface area (Å²) in [5, 5.41) is 5.85. The Hall–Kier alpha value is -2.87. The van der Waals surface area contributed by atoms with Crippen molar-refractivity contribution in [1.82, 2.24) is 10.2 Å². The molecule has 1 saturated heterocycles. The van der Waals surface area contributed by atoms with E-state index in [2.05, 4.69) is 26.6 Å². The van der Waals surface area contributed by atoms with Crippen LogP contribution in [0.15, 0.2) is 46.9 Å². The van der Waals surface area contributed by atoms with Crippen LogP contribution in [0, 0.1) is 12.8 Å². The monoisotopic (exact) mass is 529 g/mol. The van der Waals surface area contributed by atoms with Crippen LogP contribution in [-0.2, 0) is 4.74 Å². The van der Waals surface area contributed by atoms with E-state index in [0.29, 0.717) is 36.4 Å². The fourth-order valence-corrected chi connectivity index (χ4v) is 4.25. The molecular formula is C26H32BrN3O4. The van der Waals surface area contributed by atoms with Gasteiger partial charge in [-0.25, -0.2) is 4.79 Å². The molecule has 0 saturated carbocycles. The Morgan fingerprint density at radius 3 is 2.53 bits per heavy atom. The summed E-state index contributed by atoms with van der Waals surface area (Å²) < 4.78 is 6.22. The summed E-state index contributed by atoms with van der Waals surface area (Å²) >= 11 is 3.41. The van der Waals surface area contributed by atoms with Crippen molar-refractivity contribution in [2.24, 2.45) is 5.92 Å². The predicted octanol–water partition coefficient (Wildman–Crippen LogP) is 5.39. The normalized spacial score (nSPS) is 16.0. The number of carbonyl (C=O) groups is 3. The summed E-state index contributed by atoms with van der Waals surface area (Å²) in [5.41, 5.74) is 1.68. The van der Waals surface area contributed by atoms with Crippen LogP contribution in [0.2, 0.25) is 0 Å². The van der Waals surface area contributed by atoms with Gasteiger partial charge in [0.25, 0.3) is 11.8 Å². The van der Waals surface area contributed by atoms with Crippen LogP contribution in [0.25, 0.3) is 0 Å². The van der Waals surface area contributed by atoms with E-state index in [-0.39, 0.29) is 23.8 Å². The summed E-state index contributed by atoms with van der Waals surface area (Å²) in [4.78, 5) is 40.0. The number of rotatable bonds is 5. The highest BCUT2D eigenvalue weighted by Gasteiger charge is 2.28. The number of aryl methyl sites for hydroxylation is 1. The standard InChI is InChI=1S/C26H32BrN3O4/c1-17-8-5-6-10-20(17)24(32)29-22-12-11-19(27)14-21(22)23(31)28-15-18-9-7-13-30(16-18)25(33)34-26(2,3)4/h5-6,8,10-12,14,18H,7,9,13,15-16H2,1-4H3,(H,28,31)(H,29,32)/t18-/m1/s1. The minimum absolute atomic E-state index is 0.127. The highest BCUT2D eigenvalue weighted by Crippen LogP contribution is 2.23. The maximum Gasteiger partial charge on any atom is 0.410 e. The molecule has 0 spiro atoms. The van der Waals surface area contributed by atoms with Gasteiger partial charge >= 0.3 is 6.09 Å². The average molecular weight is 530 g/mol. The van der Waals surface area contributed by atoms with Crippen LogP contribution in [0.5, 0.6) is 0 Å². The maximum absolute atomic E-state index is 13.1. The first-order valence-electron chi connectivity index (χ1n) is 11.5. The zero-order chi connectivity index (χ0) is 24.9. The number of hydrogen-bond donors (Lipinski definition) is 2.